The van der Waals surface area contributed by atoms with Gasteiger partial charge in [-0.2, -0.15) is 0 Å². The van der Waals surface area contributed by atoms with Crippen LogP contribution in [-0.4, -0.2) is 39.5 Å². The van der Waals surface area contributed by atoms with Crippen LogP contribution in [0.2, 0.25) is 0 Å². The number of aromatic nitrogens is 2. The molecule has 0 saturated heterocycles. The first-order valence-electron chi connectivity index (χ1n) is 9.26. The summed E-state index contributed by atoms with van der Waals surface area (Å²) in [7, 11) is 2.00. The average molecular weight is 359 g/mol. The molecule has 1 N–H and O–H groups in total. The third-order valence-electron chi connectivity index (χ3n) is 5.57. The third kappa shape index (κ3) is 3.51. The van der Waals surface area contributed by atoms with Crippen LogP contribution < -0.4 is 5.32 Å². The van der Waals surface area contributed by atoms with Gasteiger partial charge in [-0.3, -0.25) is 9.69 Å². The fourth-order valence-electron chi connectivity index (χ4n) is 4.28. The molecule has 0 unspecified atom stereocenters. The number of carbonyl (C=O) groups excluding carboxylic acids is 1. The molecule has 1 saturated carbocycles. The highest BCUT2D eigenvalue weighted by atomic mass is 32.1. The number of amides is 1. The number of hydrogen-bond acceptors (Lipinski definition) is 4. The summed E-state index contributed by atoms with van der Waals surface area (Å²) < 4.78 is 2.03. The van der Waals surface area contributed by atoms with Crippen molar-refractivity contribution in [2.75, 3.05) is 13.1 Å². The van der Waals surface area contributed by atoms with Gasteiger partial charge in [-0.15, -0.1) is 11.3 Å². The van der Waals surface area contributed by atoms with Crippen LogP contribution >= 0.6 is 11.3 Å². The van der Waals surface area contributed by atoms with Crippen molar-refractivity contribution in [3.8, 4) is 0 Å². The summed E-state index contributed by atoms with van der Waals surface area (Å²) in [4.78, 5) is 21.3. The Bertz CT molecular complexity index is 718. The topological polar surface area (TPSA) is 50.2 Å². The second kappa shape index (κ2) is 7.30. The van der Waals surface area contributed by atoms with Crippen molar-refractivity contribution >= 4 is 17.2 Å². The number of thiophene rings is 1. The first-order valence-corrected chi connectivity index (χ1v) is 10.1. The Balaban J connectivity index is 1.45. The number of imidazole rings is 1. The number of nitrogens with one attached hydrogen (secondary N) is 1. The van der Waals surface area contributed by atoms with Gasteiger partial charge in [0.15, 0.2) is 0 Å². The highest BCUT2D eigenvalue weighted by Crippen LogP contribution is 2.33. The smallest absolute Gasteiger partial charge is 0.230 e. The van der Waals surface area contributed by atoms with E-state index in [1.807, 2.05) is 17.9 Å². The lowest BCUT2D eigenvalue weighted by atomic mass is 9.95. The minimum absolute atomic E-state index is 0.111. The van der Waals surface area contributed by atoms with Gasteiger partial charge in [-0.05, 0) is 30.7 Å². The number of nitrogens with zero attached hydrogens (tertiary/aromatic N) is 3. The summed E-state index contributed by atoms with van der Waals surface area (Å²) >= 11 is 1.75. The van der Waals surface area contributed by atoms with Gasteiger partial charge in [-0.1, -0.05) is 18.9 Å². The molecule has 1 aliphatic heterocycles. The number of rotatable bonds is 5. The van der Waals surface area contributed by atoms with Crippen LogP contribution in [0.4, 0.5) is 0 Å². The Kier molecular flexibility index (Phi) is 4.90. The van der Waals surface area contributed by atoms with Crippen LogP contribution in [-0.2, 0) is 24.8 Å². The van der Waals surface area contributed by atoms with Crippen molar-refractivity contribution in [1.82, 2.24) is 19.8 Å². The second-order valence-corrected chi connectivity index (χ2v) is 8.26. The van der Waals surface area contributed by atoms with E-state index in [9.17, 15) is 4.79 Å². The second-order valence-electron chi connectivity index (χ2n) is 7.23. The molecule has 4 rings (SSSR count). The molecule has 0 bridgehead atoms. The largest absolute Gasteiger partial charge is 0.355 e. The highest BCUT2D eigenvalue weighted by molar-refractivity contribution is 7.09. The zero-order valence-electron chi connectivity index (χ0n) is 14.8. The number of aryl methyl sites for hydroxylation is 1. The van der Waals surface area contributed by atoms with Gasteiger partial charge in [0.05, 0.1) is 23.6 Å². The van der Waals surface area contributed by atoms with E-state index in [1.165, 1.54) is 30.6 Å². The molecule has 3 heterocycles. The fraction of sp³-hybridized carbons (Fsp3) is 0.579. The first-order chi connectivity index (χ1) is 12.2. The van der Waals surface area contributed by atoms with E-state index >= 15 is 0 Å². The molecule has 134 valence electrons. The van der Waals surface area contributed by atoms with Crippen molar-refractivity contribution in [3.05, 3.63) is 40.1 Å². The van der Waals surface area contributed by atoms with Crippen molar-refractivity contribution in [2.24, 2.45) is 7.05 Å². The summed E-state index contributed by atoms with van der Waals surface area (Å²) in [6.45, 7) is 2.41. The SMILES string of the molecule is Cn1cnc2c1[C@H](C(=O)NCCc1cccs1)CN(C1CCCC1)C2. The van der Waals surface area contributed by atoms with Crippen molar-refractivity contribution in [2.45, 2.75) is 50.6 Å². The molecular weight excluding hydrogens is 332 g/mol. The fourth-order valence-corrected chi connectivity index (χ4v) is 4.99. The van der Waals surface area contributed by atoms with Gasteiger partial charge in [0.2, 0.25) is 5.91 Å². The van der Waals surface area contributed by atoms with E-state index in [1.54, 1.807) is 11.3 Å². The molecule has 0 radical (unpaired) electrons. The van der Waals surface area contributed by atoms with Gasteiger partial charge in [0.1, 0.15) is 0 Å². The molecule has 5 nitrogen and oxygen atoms in total. The Morgan fingerprint density at radius 2 is 2.24 bits per heavy atom. The molecule has 1 aliphatic carbocycles. The number of hydrogen-bond donors (Lipinski definition) is 1. The quantitative estimate of drug-likeness (QED) is 0.894. The molecule has 6 heteroatoms. The van der Waals surface area contributed by atoms with Crippen LogP contribution in [0.5, 0.6) is 0 Å². The zero-order chi connectivity index (χ0) is 17.2. The molecule has 0 spiro atoms. The predicted molar refractivity (Wildman–Crippen MR) is 99.6 cm³/mol. The number of fused-ring (bicyclic) bond motifs is 1. The number of carbonyl (C=O) groups is 1. The maximum Gasteiger partial charge on any atom is 0.230 e. The Labute approximate surface area is 153 Å². The van der Waals surface area contributed by atoms with Gasteiger partial charge in [0.25, 0.3) is 0 Å². The summed E-state index contributed by atoms with van der Waals surface area (Å²) in [6, 6.07) is 4.81. The van der Waals surface area contributed by atoms with Crippen molar-refractivity contribution in [1.29, 1.82) is 0 Å². The van der Waals surface area contributed by atoms with E-state index in [2.05, 4.69) is 32.7 Å². The normalized spacial score (nSPS) is 21.4. The maximum absolute atomic E-state index is 12.9. The van der Waals surface area contributed by atoms with E-state index in [4.69, 9.17) is 0 Å². The van der Waals surface area contributed by atoms with E-state index in [-0.39, 0.29) is 11.8 Å². The van der Waals surface area contributed by atoms with E-state index in [0.717, 1.165) is 30.9 Å². The predicted octanol–water partition coefficient (Wildman–Crippen LogP) is 2.68. The van der Waals surface area contributed by atoms with Gasteiger partial charge in [0, 0.05) is 37.6 Å². The molecule has 2 aromatic heterocycles. The molecule has 25 heavy (non-hydrogen) atoms. The van der Waals surface area contributed by atoms with Crippen molar-refractivity contribution in [3.63, 3.8) is 0 Å². The van der Waals surface area contributed by atoms with Crippen LogP contribution in [0.1, 0.15) is 47.9 Å². The molecule has 0 aromatic carbocycles. The highest BCUT2D eigenvalue weighted by Gasteiger charge is 2.36. The molecule has 2 aromatic rings. The third-order valence-corrected chi connectivity index (χ3v) is 6.51. The van der Waals surface area contributed by atoms with Crippen LogP contribution in [0.3, 0.4) is 0 Å². The lowest BCUT2D eigenvalue weighted by Crippen LogP contribution is -2.45. The van der Waals surface area contributed by atoms with E-state index < -0.39 is 0 Å². The van der Waals surface area contributed by atoms with Crippen LogP contribution in [0.15, 0.2) is 23.8 Å². The zero-order valence-corrected chi connectivity index (χ0v) is 15.6. The summed E-state index contributed by atoms with van der Waals surface area (Å²) in [5, 5.41) is 5.24. The van der Waals surface area contributed by atoms with Crippen molar-refractivity contribution < 1.29 is 4.79 Å². The van der Waals surface area contributed by atoms with Gasteiger partial charge < -0.3 is 9.88 Å². The first kappa shape index (κ1) is 16.8. The maximum atomic E-state index is 12.9. The monoisotopic (exact) mass is 358 g/mol. The molecular formula is C19H26N4OS. The van der Waals surface area contributed by atoms with Gasteiger partial charge in [-0.25, -0.2) is 4.98 Å². The standard InChI is InChI=1S/C19H26N4OS/c1-22-13-21-17-12-23(14-5-2-3-6-14)11-16(18(17)22)19(24)20-9-8-15-7-4-10-25-15/h4,7,10,13-14,16H,2-3,5-6,8-9,11-12H2,1H3,(H,20,24)/t16-/m1/s1. The summed E-state index contributed by atoms with van der Waals surface area (Å²) in [5.74, 6) is 0.0317. The average Bonchev–Trinajstić information content (AvgIpc) is 3.36. The Morgan fingerprint density at radius 3 is 3.00 bits per heavy atom. The van der Waals surface area contributed by atoms with Gasteiger partial charge >= 0.3 is 0 Å². The summed E-state index contributed by atoms with van der Waals surface area (Å²) in [5.41, 5.74) is 2.18. The molecule has 1 fully saturated rings. The molecule has 1 amide bonds. The Morgan fingerprint density at radius 1 is 1.40 bits per heavy atom. The summed E-state index contributed by atoms with van der Waals surface area (Å²) in [6.07, 6.45) is 7.90. The minimum atomic E-state index is -0.111. The van der Waals surface area contributed by atoms with Crippen LogP contribution in [0, 0.1) is 0 Å². The lowest BCUT2D eigenvalue weighted by Gasteiger charge is -2.36. The lowest BCUT2D eigenvalue weighted by molar-refractivity contribution is -0.123. The molecule has 1 atom stereocenters. The minimum Gasteiger partial charge on any atom is -0.355 e. The molecule has 2 aliphatic rings. The van der Waals surface area contributed by atoms with Crippen LogP contribution in [0.25, 0.3) is 0 Å². The Hall–Kier alpha value is -1.66. The van der Waals surface area contributed by atoms with E-state index in [0.29, 0.717) is 12.6 Å².